The first-order valence-corrected chi connectivity index (χ1v) is 14.8. The molecule has 1 fully saturated rings. The number of carbonyl (C=O) groups excluding carboxylic acids is 1. The molecule has 1 saturated heterocycles. The van der Waals surface area contributed by atoms with Crippen LogP contribution in [0.3, 0.4) is 0 Å². The molecule has 1 aliphatic carbocycles. The second-order valence-corrected chi connectivity index (χ2v) is 11.4. The summed E-state index contributed by atoms with van der Waals surface area (Å²) in [7, 11) is 0. The number of hydrogen-bond donors (Lipinski definition) is 1. The topological polar surface area (TPSA) is 41.6 Å². The molecule has 1 amide bonds. The SMILES string of the molecule is CC(C)C(=O)Nc1cccc(C2CCN(CC[C@H](OC3=CC=C(c4ccccc4)CC3)c3ccccc3)CC2)c1. The maximum absolute atomic E-state index is 12.1. The molecule has 4 nitrogen and oxygen atoms in total. The van der Waals surface area contributed by atoms with Crippen molar-refractivity contribution in [3.05, 3.63) is 120 Å². The molecule has 0 bridgehead atoms. The van der Waals surface area contributed by atoms with Crippen LogP contribution in [-0.4, -0.2) is 30.4 Å². The van der Waals surface area contributed by atoms with Crippen LogP contribution in [0.1, 0.15) is 74.7 Å². The number of nitrogens with zero attached hydrogens (tertiary/aromatic N) is 1. The van der Waals surface area contributed by atoms with Crippen LogP contribution in [0, 0.1) is 5.92 Å². The first-order valence-electron chi connectivity index (χ1n) is 14.8. The number of amides is 1. The Morgan fingerprint density at radius 3 is 2.30 bits per heavy atom. The van der Waals surface area contributed by atoms with E-state index in [2.05, 4.69) is 101 Å². The second-order valence-electron chi connectivity index (χ2n) is 11.4. The van der Waals surface area contributed by atoms with Crippen molar-refractivity contribution in [1.82, 2.24) is 4.90 Å². The number of ether oxygens (including phenoxy) is 1. The molecule has 0 saturated carbocycles. The van der Waals surface area contributed by atoms with Crippen molar-refractivity contribution in [2.75, 3.05) is 25.0 Å². The van der Waals surface area contributed by atoms with Crippen molar-refractivity contribution in [2.24, 2.45) is 5.92 Å². The molecule has 3 aromatic rings. The number of rotatable bonds is 10. The number of piperidine rings is 1. The van der Waals surface area contributed by atoms with Crippen molar-refractivity contribution >= 4 is 17.2 Å². The normalized spacial score (nSPS) is 17.2. The molecule has 208 valence electrons. The Hall–Kier alpha value is -3.63. The van der Waals surface area contributed by atoms with Crippen molar-refractivity contribution in [3.63, 3.8) is 0 Å². The van der Waals surface area contributed by atoms with Crippen molar-refractivity contribution < 1.29 is 9.53 Å². The molecular weight excluding hydrogens is 492 g/mol. The van der Waals surface area contributed by atoms with Crippen LogP contribution in [-0.2, 0) is 9.53 Å². The molecule has 0 unspecified atom stereocenters. The number of nitrogens with one attached hydrogen (secondary N) is 1. The van der Waals surface area contributed by atoms with Gasteiger partial charge in [0.25, 0.3) is 0 Å². The van der Waals surface area contributed by atoms with Crippen LogP contribution in [0.5, 0.6) is 0 Å². The molecule has 40 heavy (non-hydrogen) atoms. The maximum atomic E-state index is 12.1. The first kappa shape index (κ1) is 27.9. The Bertz CT molecular complexity index is 1300. The summed E-state index contributed by atoms with van der Waals surface area (Å²) in [5.41, 5.74) is 6.16. The minimum atomic E-state index is -0.0202. The fourth-order valence-corrected chi connectivity index (χ4v) is 5.70. The minimum Gasteiger partial charge on any atom is -0.490 e. The number of carbonyl (C=O) groups is 1. The van der Waals surface area contributed by atoms with Gasteiger partial charge in [0.05, 0.1) is 5.76 Å². The molecule has 1 N–H and O–H groups in total. The second kappa shape index (κ2) is 13.6. The average molecular weight is 535 g/mol. The van der Waals surface area contributed by atoms with Crippen molar-refractivity contribution in [2.45, 2.75) is 58.0 Å². The van der Waals surface area contributed by atoms with E-state index in [9.17, 15) is 4.79 Å². The summed E-state index contributed by atoms with van der Waals surface area (Å²) in [5, 5.41) is 3.05. The highest BCUT2D eigenvalue weighted by molar-refractivity contribution is 5.92. The summed E-state index contributed by atoms with van der Waals surface area (Å²) in [6.45, 7) is 7.04. The molecule has 1 heterocycles. The summed E-state index contributed by atoms with van der Waals surface area (Å²) in [6, 6.07) is 29.7. The minimum absolute atomic E-state index is 0.0202. The predicted octanol–water partition coefficient (Wildman–Crippen LogP) is 8.37. The monoisotopic (exact) mass is 534 g/mol. The number of hydrogen-bond acceptors (Lipinski definition) is 3. The van der Waals surface area contributed by atoms with E-state index in [1.165, 1.54) is 22.3 Å². The number of anilines is 1. The lowest BCUT2D eigenvalue weighted by molar-refractivity contribution is -0.118. The van der Waals surface area contributed by atoms with Gasteiger partial charge >= 0.3 is 0 Å². The molecule has 5 rings (SSSR count). The van der Waals surface area contributed by atoms with E-state index in [-0.39, 0.29) is 17.9 Å². The van der Waals surface area contributed by atoms with E-state index < -0.39 is 0 Å². The van der Waals surface area contributed by atoms with Crippen LogP contribution >= 0.6 is 0 Å². The van der Waals surface area contributed by atoms with Crippen LogP contribution in [0.2, 0.25) is 0 Å². The quantitative estimate of drug-likeness (QED) is 0.284. The fourth-order valence-electron chi connectivity index (χ4n) is 5.70. The van der Waals surface area contributed by atoms with E-state index >= 15 is 0 Å². The predicted molar refractivity (Wildman–Crippen MR) is 165 cm³/mol. The molecule has 3 aromatic carbocycles. The van der Waals surface area contributed by atoms with E-state index in [0.717, 1.165) is 63.2 Å². The third-order valence-corrected chi connectivity index (χ3v) is 8.17. The number of benzene rings is 3. The van der Waals surface area contributed by atoms with Crippen LogP contribution in [0.25, 0.3) is 5.57 Å². The highest BCUT2D eigenvalue weighted by Crippen LogP contribution is 2.33. The number of allylic oxidation sites excluding steroid dienone is 4. The lowest BCUT2D eigenvalue weighted by Crippen LogP contribution is -2.34. The lowest BCUT2D eigenvalue weighted by atomic mass is 9.89. The Morgan fingerprint density at radius 1 is 0.900 bits per heavy atom. The standard InChI is InChI=1S/C36H42N2O2/c1-27(2)36(39)37-33-15-9-14-32(26-33)30-20-23-38(24-21-30)25-22-35(31-12-7-4-8-13-31)40-34-18-16-29(17-19-34)28-10-5-3-6-11-28/h3-16,18,26-27,30,35H,17,19-25H2,1-2H3,(H,37,39)/t35-/m0/s1. The molecule has 1 atom stereocenters. The highest BCUT2D eigenvalue weighted by Gasteiger charge is 2.23. The molecule has 4 heteroatoms. The van der Waals surface area contributed by atoms with Gasteiger partial charge in [0.15, 0.2) is 0 Å². The molecular formula is C36H42N2O2. The summed E-state index contributed by atoms with van der Waals surface area (Å²) < 4.78 is 6.66. The summed E-state index contributed by atoms with van der Waals surface area (Å²) in [6.07, 6.45) is 9.64. The lowest BCUT2D eigenvalue weighted by Gasteiger charge is -2.33. The summed E-state index contributed by atoms with van der Waals surface area (Å²) in [4.78, 5) is 14.7. The Labute approximate surface area is 239 Å². The van der Waals surface area contributed by atoms with Gasteiger partial charge in [0.2, 0.25) is 5.91 Å². The van der Waals surface area contributed by atoms with Gasteiger partial charge in [0.1, 0.15) is 6.10 Å². The Morgan fingerprint density at radius 2 is 1.62 bits per heavy atom. The molecule has 0 aromatic heterocycles. The first-order chi connectivity index (χ1) is 19.5. The molecule has 2 aliphatic rings. The van der Waals surface area contributed by atoms with Gasteiger partial charge in [-0.25, -0.2) is 0 Å². The Balaban J connectivity index is 1.17. The zero-order chi connectivity index (χ0) is 27.7. The van der Waals surface area contributed by atoms with Crippen LogP contribution in [0.15, 0.2) is 103 Å². The van der Waals surface area contributed by atoms with E-state index in [4.69, 9.17) is 4.74 Å². The molecule has 0 spiro atoms. The van der Waals surface area contributed by atoms with Crippen molar-refractivity contribution in [1.29, 1.82) is 0 Å². The maximum Gasteiger partial charge on any atom is 0.226 e. The Kier molecular flexibility index (Phi) is 9.51. The molecule has 1 aliphatic heterocycles. The molecule has 0 radical (unpaired) electrons. The third kappa shape index (κ3) is 7.51. The smallest absolute Gasteiger partial charge is 0.226 e. The zero-order valence-electron chi connectivity index (χ0n) is 23.9. The third-order valence-electron chi connectivity index (χ3n) is 8.17. The highest BCUT2D eigenvalue weighted by atomic mass is 16.5. The van der Waals surface area contributed by atoms with Gasteiger partial charge in [-0.05, 0) is 78.7 Å². The van der Waals surface area contributed by atoms with Gasteiger partial charge in [-0.15, -0.1) is 0 Å². The largest absolute Gasteiger partial charge is 0.490 e. The van der Waals surface area contributed by atoms with Gasteiger partial charge in [0, 0.05) is 31.0 Å². The van der Waals surface area contributed by atoms with E-state index in [1.54, 1.807) is 0 Å². The fraction of sp³-hybridized carbons (Fsp3) is 0.361. The van der Waals surface area contributed by atoms with Gasteiger partial charge in [-0.3, -0.25) is 4.79 Å². The van der Waals surface area contributed by atoms with Gasteiger partial charge in [-0.2, -0.15) is 0 Å². The van der Waals surface area contributed by atoms with Gasteiger partial charge < -0.3 is 15.0 Å². The van der Waals surface area contributed by atoms with Crippen LogP contribution in [0.4, 0.5) is 5.69 Å². The zero-order valence-corrected chi connectivity index (χ0v) is 23.9. The number of likely N-dealkylation sites (tertiary alicyclic amines) is 1. The van der Waals surface area contributed by atoms with Gasteiger partial charge in [-0.1, -0.05) is 92.7 Å². The van der Waals surface area contributed by atoms with Crippen LogP contribution < -0.4 is 5.32 Å². The van der Waals surface area contributed by atoms with E-state index in [1.807, 2.05) is 19.9 Å². The van der Waals surface area contributed by atoms with E-state index in [0.29, 0.717) is 5.92 Å². The summed E-state index contributed by atoms with van der Waals surface area (Å²) in [5.74, 6) is 1.66. The summed E-state index contributed by atoms with van der Waals surface area (Å²) >= 11 is 0. The van der Waals surface area contributed by atoms with Crippen molar-refractivity contribution in [3.8, 4) is 0 Å². The average Bonchev–Trinajstić information content (AvgIpc) is 3.01.